The zero-order chi connectivity index (χ0) is 40.6. The van der Waals surface area contributed by atoms with Crippen LogP contribution in [0.1, 0.15) is 43.9 Å². The number of aryl methyl sites for hydroxylation is 1. The Balaban J connectivity index is 1.15. The lowest BCUT2D eigenvalue weighted by molar-refractivity contribution is 0.661. The predicted molar refractivity (Wildman–Crippen MR) is 256 cm³/mol. The van der Waals surface area contributed by atoms with Crippen molar-refractivity contribution >= 4 is 44.9 Å². The fourth-order valence-electron chi connectivity index (χ4n) is 9.38. The van der Waals surface area contributed by atoms with Gasteiger partial charge in [-0.1, -0.05) is 173 Å². The summed E-state index contributed by atoms with van der Waals surface area (Å²) < 4.78 is 0. The summed E-state index contributed by atoms with van der Waals surface area (Å²) in [5.41, 5.74) is 18.1. The second-order valence-electron chi connectivity index (χ2n) is 16.5. The van der Waals surface area contributed by atoms with Crippen LogP contribution in [0.3, 0.4) is 0 Å². The third-order valence-corrected chi connectivity index (χ3v) is 12.3. The molecule has 0 amide bonds. The Hall–Kier alpha value is -7.16. The van der Waals surface area contributed by atoms with Crippen molar-refractivity contribution in [1.29, 1.82) is 0 Å². The van der Waals surface area contributed by atoms with Gasteiger partial charge in [-0.25, -0.2) is 0 Å². The first-order chi connectivity index (χ1) is 29.5. The van der Waals surface area contributed by atoms with Crippen molar-refractivity contribution in [2.45, 2.75) is 39.0 Å². The molecule has 60 heavy (non-hydrogen) atoms. The molecule has 0 N–H and O–H groups in total. The summed E-state index contributed by atoms with van der Waals surface area (Å²) in [5, 5.41) is 2.51. The summed E-state index contributed by atoms with van der Waals surface area (Å²) in [4.78, 5) is 4.90. The monoisotopic (exact) mass is 772 g/mol. The van der Waals surface area contributed by atoms with Crippen molar-refractivity contribution in [1.82, 2.24) is 0 Å². The third-order valence-electron chi connectivity index (χ3n) is 12.3. The molecule has 9 aromatic carbocycles. The quantitative estimate of drug-likeness (QED) is 0.137. The van der Waals surface area contributed by atoms with Crippen LogP contribution in [0, 0.1) is 0 Å². The minimum Gasteiger partial charge on any atom is -0.310 e. The van der Waals surface area contributed by atoms with Gasteiger partial charge in [0.25, 0.3) is 0 Å². The molecule has 1 aliphatic rings. The maximum Gasteiger partial charge on any atom is 0.0543 e. The van der Waals surface area contributed by atoms with Crippen LogP contribution >= 0.6 is 0 Å². The average molecular weight is 773 g/mol. The van der Waals surface area contributed by atoms with Crippen LogP contribution in [0.2, 0.25) is 0 Å². The lowest BCUT2D eigenvalue weighted by Crippen LogP contribution is -2.18. The molecule has 9 aromatic rings. The molecule has 0 bridgehead atoms. The van der Waals surface area contributed by atoms with Crippen LogP contribution < -0.4 is 9.80 Å². The Kier molecular flexibility index (Phi) is 9.62. The zero-order valence-electron chi connectivity index (χ0n) is 34.5. The number of hydrogen-bond acceptors (Lipinski definition) is 2. The fraction of sp³-hybridized carbons (Fsp3) is 0.103. The van der Waals surface area contributed by atoms with Crippen molar-refractivity contribution < 1.29 is 0 Å². The van der Waals surface area contributed by atoms with Gasteiger partial charge in [0, 0.05) is 39.2 Å². The van der Waals surface area contributed by atoms with E-state index >= 15 is 0 Å². The number of benzene rings is 9. The lowest BCUT2D eigenvalue weighted by atomic mass is 9.81. The highest BCUT2D eigenvalue weighted by molar-refractivity contribution is 6.10. The van der Waals surface area contributed by atoms with Gasteiger partial charge in [-0.15, -0.1) is 0 Å². The molecule has 0 saturated carbocycles. The molecule has 0 aromatic heterocycles. The zero-order valence-corrected chi connectivity index (χ0v) is 34.5. The Labute approximate surface area is 354 Å². The molecular formula is C58H48N2. The first-order valence-corrected chi connectivity index (χ1v) is 21.2. The highest BCUT2D eigenvalue weighted by atomic mass is 15.1. The minimum atomic E-state index is -0.282. The van der Waals surface area contributed by atoms with Gasteiger partial charge in [-0.2, -0.15) is 0 Å². The Morgan fingerprint density at radius 2 is 0.883 bits per heavy atom. The van der Waals surface area contributed by atoms with Crippen molar-refractivity contribution in [3.63, 3.8) is 0 Å². The Bertz CT molecular complexity index is 2970. The van der Waals surface area contributed by atoms with Crippen LogP contribution in [0.4, 0.5) is 34.1 Å². The summed E-state index contributed by atoms with van der Waals surface area (Å²) in [6, 6.07) is 77.9. The number of anilines is 6. The smallest absolute Gasteiger partial charge is 0.0543 e. The van der Waals surface area contributed by atoms with Gasteiger partial charge in [0.05, 0.1) is 5.69 Å². The molecule has 0 unspecified atom stereocenters. The van der Waals surface area contributed by atoms with E-state index in [4.69, 9.17) is 0 Å². The normalized spacial score (nSPS) is 12.5. The molecule has 2 nitrogen and oxygen atoms in total. The standard InChI is InChI=1S/C58H48N2/c1-4-19-41-20-16-29-47(36-41)60(49-31-18-26-45(38-49)43-23-10-6-11-24-43)56-40-55-57(52-33-15-14-32-51(52)56)53-35-34-50(39-54(53)58(55,2)3)59(46-27-12-7-13-28-46)48-30-17-25-44(37-48)42-21-8-5-9-22-42/h5-18,20-40H,4,19H2,1-3H3. The van der Waals surface area contributed by atoms with Gasteiger partial charge < -0.3 is 9.80 Å². The van der Waals surface area contributed by atoms with E-state index in [1.54, 1.807) is 0 Å². The average Bonchev–Trinajstić information content (AvgIpc) is 3.53. The van der Waals surface area contributed by atoms with Gasteiger partial charge >= 0.3 is 0 Å². The number of nitrogens with zero attached hydrogens (tertiary/aromatic N) is 2. The molecule has 0 atom stereocenters. The van der Waals surface area contributed by atoms with Crippen molar-refractivity contribution in [3.05, 3.63) is 229 Å². The lowest BCUT2D eigenvalue weighted by Gasteiger charge is -2.30. The number of rotatable bonds is 10. The number of hydrogen-bond donors (Lipinski definition) is 0. The third kappa shape index (κ3) is 6.65. The van der Waals surface area contributed by atoms with E-state index < -0.39 is 0 Å². The maximum absolute atomic E-state index is 2.50. The molecule has 0 aliphatic heterocycles. The second-order valence-corrected chi connectivity index (χ2v) is 16.5. The summed E-state index contributed by atoms with van der Waals surface area (Å²) in [6.45, 7) is 7.07. The van der Waals surface area contributed by atoms with Gasteiger partial charge in [0.1, 0.15) is 0 Å². The molecule has 290 valence electrons. The maximum atomic E-state index is 2.50. The van der Waals surface area contributed by atoms with E-state index in [1.165, 1.54) is 72.2 Å². The van der Waals surface area contributed by atoms with Gasteiger partial charge in [0.15, 0.2) is 0 Å². The highest BCUT2D eigenvalue weighted by Crippen LogP contribution is 2.56. The van der Waals surface area contributed by atoms with Crippen LogP contribution in [0.15, 0.2) is 212 Å². The first-order valence-electron chi connectivity index (χ1n) is 21.2. The predicted octanol–water partition coefficient (Wildman–Crippen LogP) is 16.4. The topological polar surface area (TPSA) is 6.48 Å². The van der Waals surface area contributed by atoms with Crippen molar-refractivity contribution in [2.24, 2.45) is 0 Å². The van der Waals surface area contributed by atoms with Gasteiger partial charge in [0.2, 0.25) is 0 Å². The molecule has 0 heterocycles. The summed E-state index contributed by atoms with van der Waals surface area (Å²) in [7, 11) is 0. The van der Waals surface area contributed by atoms with Crippen LogP contribution in [0.5, 0.6) is 0 Å². The van der Waals surface area contributed by atoms with Gasteiger partial charge in [-0.3, -0.25) is 0 Å². The molecule has 0 saturated heterocycles. The number of fused-ring (bicyclic) bond motifs is 5. The van der Waals surface area contributed by atoms with Crippen LogP contribution in [-0.4, -0.2) is 0 Å². The molecule has 0 spiro atoms. The van der Waals surface area contributed by atoms with Crippen molar-refractivity contribution in [2.75, 3.05) is 9.80 Å². The largest absolute Gasteiger partial charge is 0.310 e. The number of para-hydroxylation sites is 1. The molecule has 0 fully saturated rings. The van der Waals surface area contributed by atoms with Crippen LogP contribution in [0.25, 0.3) is 44.2 Å². The highest BCUT2D eigenvalue weighted by Gasteiger charge is 2.38. The van der Waals surface area contributed by atoms with Crippen molar-refractivity contribution in [3.8, 4) is 33.4 Å². The molecule has 0 radical (unpaired) electrons. The summed E-state index contributed by atoms with van der Waals surface area (Å²) in [6.07, 6.45) is 2.14. The Morgan fingerprint density at radius 1 is 0.383 bits per heavy atom. The minimum absolute atomic E-state index is 0.282. The molecule has 2 heteroatoms. The second kappa shape index (κ2) is 15.5. The molecule has 10 rings (SSSR count). The van der Waals surface area contributed by atoms with E-state index in [-0.39, 0.29) is 5.41 Å². The summed E-state index contributed by atoms with van der Waals surface area (Å²) in [5.74, 6) is 0. The first kappa shape index (κ1) is 37.1. The van der Waals surface area contributed by atoms with Crippen LogP contribution in [-0.2, 0) is 11.8 Å². The van der Waals surface area contributed by atoms with E-state index in [2.05, 4.69) is 243 Å². The van der Waals surface area contributed by atoms with E-state index in [0.29, 0.717) is 0 Å². The van der Waals surface area contributed by atoms with E-state index in [0.717, 1.165) is 35.6 Å². The SMILES string of the molecule is CCCc1cccc(N(c2cccc(-c3ccccc3)c2)c2cc3c(c4ccccc24)-c2ccc(N(c4ccccc4)c4cccc(-c5ccccc5)c4)cc2C3(C)C)c1. The van der Waals surface area contributed by atoms with E-state index in [9.17, 15) is 0 Å². The summed E-state index contributed by atoms with van der Waals surface area (Å²) >= 11 is 0. The Morgan fingerprint density at radius 3 is 1.52 bits per heavy atom. The van der Waals surface area contributed by atoms with Gasteiger partial charge in [-0.05, 0) is 129 Å². The molecular weight excluding hydrogens is 725 g/mol. The van der Waals surface area contributed by atoms with E-state index in [1.807, 2.05) is 0 Å². The molecule has 1 aliphatic carbocycles. The fourth-order valence-corrected chi connectivity index (χ4v) is 9.38.